The van der Waals surface area contributed by atoms with E-state index in [1.54, 1.807) is 17.6 Å². The van der Waals surface area contributed by atoms with E-state index in [0.29, 0.717) is 0 Å². The lowest BCUT2D eigenvalue weighted by atomic mass is 10.2. The highest BCUT2D eigenvalue weighted by molar-refractivity contribution is 7.15. The van der Waals surface area contributed by atoms with E-state index in [0.717, 1.165) is 15.6 Å². The predicted molar refractivity (Wildman–Crippen MR) is 82.4 cm³/mol. The Morgan fingerprint density at radius 3 is 2.53 bits per heavy atom. The van der Waals surface area contributed by atoms with E-state index < -0.39 is 0 Å². The van der Waals surface area contributed by atoms with Crippen molar-refractivity contribution in [3.8, 4) is 5.06 Å². The van der Waals surface area contributed by atoms with Gasteiger partial charge < -0.3 is 4.74 Å². The maximum Gasteiger partial charge on any atom is 0.175 e. The van der Waals surface area contributed by atoms with Crippen LogP contribution in [0.25, 0.3) is 0 Å². The van der Waals surface area contributed by atoms with Gasteiger partial charge in [0, 0.05) is 0 Å². The highest BCUT2D eigenvalue weighted by atomic mass is 32.1. The van der Waals surface area contributed by atoms with E-state index >= 15 is 0 Å². The number of thiophene rings is 1. The number of anilines is 1. The minimum absolute atomic E-state index is 0.165. The molecule has 0 aliphatic heterocycles. The van der Waals surface area contributed by atoms with Crippen LogP contribution in [0.15, 0.2) is 47.6 Å². The van der Waals surface area contributed by atoms with Crippen molar-refractivity contribution in [2.75, 3.05) is 5.43 Å². The third kappa shape index (κ3) is 4.75. The number of rotatable bonds is 4. The normalized spacial score (nSPS) is 11.7. The molecular formula is C15H18N2OS. The van der Waals surface area contributed by atoms with Crippen molar-refractivity contribution in [3.63, 3.8) is 0 Å². The second-order valence-electron chi connectivity index (χ2n) is 5.11. The van der Waals surface area contributed by atoms with Gasteiger partial charge in [0.15, 0.2) is 5.06 Å². The molecule has 0 amide bonds. The molecule has 0 saturated heterocycles. The van der Waals surface area contributed by atoms with Crippen LogP contribution >= 0.6 is 11.3 Å². The lowest BCUT2D eigenvalue weighted by Crippen LogP contribution is -2.22. The Bertz CT molecular complexity index is 541. The first-order valence-corrected chi connectivity index (χ1v) is 6.97. The molecule has 0 aliphatic rings. The Labute approximate surface area is 117 Å². The number of para-hydroxylation sites is 1. The monoisotopic (exact) mass is 274 g/mol. The summed E-state index contributed by atoms with van der Waals surface area (Å²) in [6.07, 6.45) is 1.80. The average molecular weight is 274 g/mol. The third-order valence-corrected chi connectivity index (χ3v) is 3.07. The fourth-order valence-electron chi connectivity index (χ4n) is 1.44. The highest BCUT2D eigenvalue weighted by Gasteiger charge is 2.12. The Morgan fingerprint density at radius 2 is 1.84 bits per heavy atom. The number of hydrogen-bond acceptors (Lipinski definition) is 4. The predicted octanol–water partition coefficient (Wildman–Crippen LogP) is 4.37. The van der Waals surface area contributed by atoms with E-state index in [9.17, 15) is 0 Å². The topological polar surface area (TPSA) is 33.6 Å². The summed E-state index contributed by atoms with van der Waals surface area (Å²) in [5, 5.41) is 5.11. The van der Waals surface area contributed by atoms with Gasteiger partial charge >= 0.3 is 0 Å². The molecular weight excluding hydrogens is 256 g/mol. The van der Waals surface area contributed by atoms with Crippen molar-refractivity contribution in [1.29, 1.82) is 0 Å². The summed E-state index contributed by atoms with van der Waals surface area (Å²) >= 11 is 1.58. The van der Waals surface area contributed by atoms with Crippen LogP contribution in [0.2, 0.25) is 0 Å². The van der Waals surface area contributed by atoms with Crippen LogP contribution in [0.3, 0.4) is 0 Å². The number of nitrogens with one attached hydrogen (secondary N) is 1. The van der Waals surface area contributed by atoms with Gasteiger partial charge in [-0.05, 0) is 45.0 Å². The maximum atomic E-state index is 5.78. The van der Waals surface area contributed by atoms with Gasteiger partial charge in [-0.2, -0.15) is 5.10 Å². The van der Waals surface area contributed by atoms with Crippen LogP contribution in [0.5, 0.6) is 5.06 Å². The molecule has 0 bridgehead atoms. The minimum Gasteiger partial charge on any atom is -0.479 e. The smallest absolute Gasteiger partial charge is 0.175 e. The van der Waals surface area contributed by atoms with Crippen LogP contribution in [0.4, 0.5) is 5.69 Å². The second-order valence-corrected chi connectivity index (χ2v) is 6.19. The van der Waals surface area contributed by atoms with Crippen molar-refractivity contribution in [1.82, 2.24) is 0 Å². The summed E-state index contributed by atoms with van der Waals surface area (Å²) in [5.41, 5.74) is 3.79. The van der Waals surface area contributed by atoms with Gasteiger partial charge in [-0.3, -0.25) is 5.43 Å². The molecule has 4 heteroatoms. The van der Waals surface area contributed by atoms with Crippen molar-refractivity contribution in [3.05, 3.63) is 47.3 Å². The molecule has 0 aliphatic carbocycles. The van der Waals surface area contributed by atoms with Crippen molar-refractivity contribution < 1.29 is 4.74 Å². The van der Waals surface area contributed by atoms with E-state index in [2.05, 4.69) is 10.5 Å². The fraction of sp³-hybridized carbons (Fsp3) is 0.267. The zero-order valence-electron chi connectivity index (χ0n) is 11.4. The number of benzene rings is 1. The molecule has 100 valence electrons. The van der Waals surface area contributed by atoms with Crippen LogP contribution in [-0.2, 0) is 0 Å². The molecule has 1 aromatic carbocycles. The first-order valence-electron chi connectivity index (χ1n) is 6.16. The van der Waals surface area contributed by atoms with Gasteiger partial charge in [0.1, 0.15) is 5.60 Å². The fourth-order valence-corrected chi connectivity index (χ4v) is 2.35. The molecule has 0 saturated carbocycles. The van der Waals surface area contributed by atoms with Gasteiger partial charge in [-0.15, -0.1) is 0 Å². The van der Waals surface area contributed by atoms with Crippen LogP contribution in [-0.4, -0.2) is 11.8 Å². The first kappa shape index (κ1) is 13.6. The lowest BCUT2D eigenvalue weighted by molar-refractivity contribution is 0.136. The molecule has 19 heavy (non-hydrogen) atoms. The van der Waals surface area contributed by atoms with Gasteiger partial charge in [0.05, 0.1) is 16.8 Å². The first-order chi connectivity index (χ1) is 9.03. The Balaban J connectivity index is 1.93. The van der Waals surface area contributed by atoms with Crippen molar-refractivity contribution in [2.24, 2.45) is 5.10 Å². The molecule has 1 heterocycles. The molecule has 2 aromatic rings. The molecule has 0 radical (unpaired) electrons. The zero-order valence-corrected chi connectivity index (χ0v) is 12.2. The summed E-state index contributed by atoms with van der Waals surface area (Å²) in [7, 11) is 0. The van der Waals surface area contributed by atoms with Gasteiger partial charge in [0.25, 0.3) is 0 Å². The number of hydrazone groups is 1. The number of ether oxygens (including phenoxy) is 1. The second kappa shape index (κ2) is 5.89. The van der Waals surface area contributed by atoms with Crippen molar-refractivity contribution in [2.45, 2.75) is 26.4 Å². The Kier molecular flexibility index (Phi) is 4.22. The quantitative estimate of drug-likeness (QED) is 0.663. The summed E-state index contributed by atoms with van der Waals surface area (Å²) in [6.45, 7) is 6.12. The largest absolute Gasteiger partial charge is 0.479 e. The minimum atomic E-state index is -0.165. The number of hydrogen-bond donors (Lipinski definition) is 1. The summed E-state index contributed by atoms with van der Waals surface area (Å²) in [4.78, 5) is 1.06. The summed E-state index contributed by atoms with van der Waals surface area (Å²) in [6, 6.07) is 13.8. The molecule has 0 fully saturated rings. The molecule has 1 aromatic heterocycles. The number of nitrogens with zero attached hydrogens (tertiary/aromatic N) is 1. The molecule has 2 rings (SSSR count). The van der Waals surface area contributed by atoms with Crippen LogP contribution in [0, 0.1) is 0 Å². The molecule has 3 nitrogen and oxygen atoms in total. The Morgan fingerprint density at radius 1 is 1.11 bits per heavy atom. The standard InChI is InChI=1S/C15H18N2OS/c1-15(2,3)18-14-10-9-13(19-14)11-16-17-12-7-5-4-6-8-12/h4-11,17H,1-3H3/b16-11+. The van der Waals surface area contributed by atoms with Crippen LogP contribution < -0.4 is 10.2 Å². The average Bonchev–Trinajstić information content (AvgIpc) is 2.76. The van der Waals surface area contributed by atoms with E-state index in [-0.39, 0.29) is 5.60 Å². The lowest BCUT2D eigenvalue weighted by Gasteiger charge is -2.19. The van der Waals surface area contributed by atoms with Gasteiger partial charge in [-0.25, -0.2) is 0 Å². The molecule has 0 atom stereocenters. The molecule has 0 unspecified atom stereocenters. The van der Waals surface area contributed by atoms with Crippen LogP contribution in [0.1, 0.15) is 25.6 Å². The highest BCUT2D eigenvalue weighted by Crippen LogP contribution is 2.26. The van der Waals surface area contributed by atoms with Gasteiger partial charge in [-0.1, -0.05) is 29.5 Å². The van der Waals surface area contributed by atoms with Crippen molar-refractivity contribution >= 4 is 23.2 Å². The zero-order chi connectivity index (χ0) is 13.7. The Hall–Kier alpha value is -1.81. The van der Waals surface area contributed by atoms with E-state index in [1.807, 2.05) is 63.2 Å². The summed E-state index contributed by atoms with van der Waals surface area (Å²) in [5.74, 6) is 0. The van der Waals surface area contributed by atoms with Gasteiger partial charge in [0.2, 0.25) is 0 Å². The van der Waals surface area contributed by atoms with E-state index in [1.165, 1.54) is 0 Å². The van der Waals surface area contributed by atoms with E-state index in [4.69, 9.17) is 4.74 Å². The third-order valence-electron chi connectivity index (χ3n) is 2.17. The molecule has 0 spiro atoms. The maximum absolute atomic E-state index is 5.78. The SMILES string of the molecule is CC(C)(C)Oc1ccc(/C=N/Nc2ccccc2)s1. The molecule has 1 N–H and O–H groups in total. The summed E-state index contributed by atoms with van der Waals surface area (Å²) < 4.78 is 5.78.